The molecule has 0 spiro atoms. The number of hydrogen-bond acceptors (Lipinski definition) is 3. The third-order valence-electron chi connectivity index (χ3n) is 1.22. The van der Waals surface area contributed by atoms with Crippen molar-refractivity contribution in [3.8, 4) is 0 Å². The Morgan fingerprint density at radius 1 is 1.40 bits per heavy atom. The molecule has 0 N–H and O–H groups in total. The first-order chi connectivity index (χ1) is 4.41. The van der Waals surface area contributed by atoms with Crippen LogP contribution in [0.25, 0.3) is 0 Å². The first-order valence-electron chi connectivity index (χ1n) is 3.00. The molecule has 1 saturated heterocycles. The van der Waals surface area contributed by atoms with E-state index in [1.165, 1.54) is 0 Å². The van der Waals surface area contributed by atoms with E-state index in [4.69, 9.17) is 21.3 Å². The van der Waals surface area contributed by atoms with Crippen LogP contribution in [0.2, 0.25) is 0 Å². The Hall–Kier alpha value is 1.18. The highest BCUT2D eigenvalue weighted by Gasteiger charge is 2.37. The molecule has 0 amide bonds. The van der Waals surface area contributed by atoms with Gasteiger partial charge in [-0.1, -0.05) is 13.8 Å². The summed E-state index contributed by atoms with van der Waals surface area (Å²) in [6.45, 7) is 5.56. The summed E-state index contributed by atoms with van der Waals surface area (Å²) < 4.78 is 10.6. The highest BCUT2D eigenvalue weighted by atomic mass is 79.9. The minimum absolute atomic E-state index is 0.121. The van der Waals surface area contributed by atoms with Crippen LogP contribution in [0, 0.1) is 5.41 Å². The topological polar surface area (TPSA) is 18.5 Å². The average Bonchev–Trinajstić information content (AvgIpc) is 1.79. The van der Waals surface area contributed by atoms with Crippen molar-refractivity contribution in [2.75, 3.05) is 13.2 Å². The predicted octanol–water partition coefficient (Wildman–Crippen LogP) is 2.68. The zero-order chi connectivity index (χ0) is 7.83. The summed E-state index contributed by atoms with van der Waals surface area (Å²) in [5.41, 5.74) is -1.90. The van der Waals surface area contributed by atoms with Crippen LogP contribution in [0.4, 0.5) is 0 Å². The van der Waals surface area contributed by atoms with E-state index in [1.54, 1.807) is 0 Å². The molecule has 0 saturated carbocycles. The molecule has 10 heavy (non-hydrogen) atoms. The van der Waals surface area contributed by atoms with Gasteiger partial charge in [0.15, 0.2) is 15.5 Å². The molecule has 0 unspecified atom stereocenters. The van der Waals surface area contributed by atoms with E-state index in [0.717, 1.165) is 0 Å². The van der Waals surface area contributed by atoms with Gasteiger partial charge in [-0.05, 0) is 0 Å². The van der Waals surface area contributed by atoms with E-state index in [9.17, 15) is 0 Å². The molecule has 2 nitrogen and oxygen atoms in total. The first-order valence-corrected chi connectivity index (χ1v) is 7.66. The van der Waals surface area contributed by atoms with Crippen LogP contribution in [0.5, 0.6) is 0 Å². The maximum absolute atomic E-state index is 5.30. The van der Waals surface area contributed by atoms with Crippen molar-refractivity contribution in [1.29, 1.82) is 0 Å². The highest BCUT2D eigenvalue weighted by Crippen LogP contribution is 2.69. The molecule has 0 aromatic carbocycles. The predicted molar refractivity (Wildman–Crippen MR) is 48.9 cm³/mol. The van der Waals surface area contributed by atoms with Gasteiger partial charge in [-0.3, -0.25) is 0 Å². The van der Waals surface area contributed by atoms with Crippen LogP contribution in [0.15, 0.2) is 0 Å². The molecule has 60 valence electrons. The Morgan fingerprint density at radius 3 is 2.10 bits per heavy atom. The molecule has 0 aromatic rings. The van der Waals surface area contributed by atoms with Gasteiger partial charge in [0, 0.05) is 5.41 Å². The van der Waals surface area contributed by atoms with Crippen molar-refractivity contribution >= 4 is 33.4 Å². The molecule has 1 heterocycles. The SMILES string of the molecule is CC1(C)CO[P+]([S-])(Br)OC1. The fourth-order valence-corrected chi connectivity index (χ4v) is 2.60. The lowest BCUT2D eigenvalue weighted by Gasteiger charge is -2.34. The maximum Gasteiger partial charge on any atom is 0.228 e. The zero-order valence-corrected chi connectivity index (χ0v) is 9.26. The molecule has 0 atom stereocenters. The zero-order valence-electron chi connectivity index (χ0n) is 5.96. The number of rotatable bonds is 0. The van der Waals surface area contributed by atoms with Crippen LogP contribution < -0.4 is 0 Å². The van der Waals surface area contributed by atoms with Crippen LogP contribution in [0.1, 0.15) is 13.8 Å². The van der Waals surface area contributed by atoms with Crippen molar-refractivity contribution < 1.29 is 9.05 Å². The Balaban J connectivity index is 2.46. The summed E-state index contributed by atoms with van der Waals surface area (Å²) in [5, 5.41) is 0. The first kappa shape index (κ1) is 9.27. The molecular formula is C5H10BrO2PS. The molecule has 1 fully saturated rings. The lowest BCUT2D eigenvalue weighted by molar-refractivity contribution is 0.0663. The maximum atomic E-state index is 5.30. The van der Waals surface area contributed by atoms with Gasteiger partial charge in [-0.25, -0.2) is 9.05 Å². The van der Waals surface area contributed by atoms with E-state index in [0.29, 0.717) is 13.2 Å². The van der Waals surface area contributed by atoms with Crippen molar-refractivity contribution in [3.05, 3.63) is 0 Å². The fraction of sp³-hybridized carbons (Fsp3) is 1.00. The summed E-state index contributed by atoms with van der Waals surface area (Å²) in [5.74, 6) is 0. The van der Waals surface area contributed by atoms with Crippen molar-refractivity contribution in [2.45, 2.75) is 13.8 Å². The van der Waals surface area contributed by atoms with Crippen LogP contribution in [0.3, 0.4) is 0 Å². The Labute approximate surface area is 75.1 Å². The number of halogens is 1. The van der Waals surface area contributed by atoms with Gasteiger partial charge < -0.3 is 12.2 Å². The summed E-state index contributed by atoms with van der Waals surface area (Å²) in [6, 6.07) is 0. The van der Waals surface area contributed by atoms with Crippen molar-refractivity contribution in [1.82, 2.24) is 0 Å². The molecule has 0 bridgehead atoms. The van der Waals surface area contributed by atoms with Gasteiger partial charge in [0.25, 0.3) is 0 Å². The summed E-state index contributed by atoms with van der Waals surface area (Å²) in [4.78, 5) is 0. The molecule has 0 radical (unpaired) electrons. The van der Waals surface area contributed by atoms with Gasteiger partial charge in [0.2, 0.25) is 5.62 Å². The van der Waals surface area contributed by atoms with Crippen LogP contribution >= 0.6 is 21.1 Å². The van der Waals surface area contributed by atoms with Gasteiger partial charge in [-0.15, -0.1) is 0 Å². The lowest BCUT2D eigenvalue weighted by atomic mass is 9.97. The van der Waals surface area contributed by atoms with Gasteiger partial charge in [0.1, 0.15) is 13.2 Å². The molecule has 1 aliphatic heterocycles. The minimum atomic E-state index is -2.02. The lowest BCUT2D eigenvalue weighted by Crippen LogP contribution is -2.29. The van der Waals surface area contributed by atoms with E-state index in [1.807, 2.05) is 0 Å². The van der Waals surface area contributed by atoms with Gasteiger partial charge >= 0.3 is 0 Å². The van der Waals surface area contributed by atoms with Gasteiger partial charge in [0.05, 0.1) is 0 Å². The highest BCUT2D eigenvalue weighted by molar-refractivity contribution is 9.47. The van der Waals surface area contributed by atoms with Crippen molar-refractivity contribution in [2.24, 2.45) is 5.41 Å². The van der Waals surface area contributed by atoms with E-state index in [-0.39, 0.29) is 5.41 Å². The monoisotopic (exact) mass is 244 g/mol. The summed E-state index contributed by atoms with van der Waals surface area (Å²) in [6.07, 6.45) is 0. The van der Waals surface area contributed by atoms with E-state index < -0.39 is 5.62 Å². The third kappa shape index (κ3) is 2.67. The smallest absolute Gasteiger partial charge is 0.228 e. The Morgan fingerprint density at radius 2 is 1.80 bits per heavy atom. The quantitative estimate of drug-likeness (QED) is 0.483. The average molecular weight is 245 g/mol. The van der Waals surface area contributed by atoms with Crippen molar-refractivity contribution in [3.63, 3.8) is 0 Å². The molecular weight excluding hydrogens is 235 g/mol. The number of hydrogen-bond donors (Lipinski definition) is 0. The molecule has 0 aliphatic carbocycles. The Bertz CT molecular complexity index is 112. The second-order valence-corrected chi connectivity index (χ2v) is 10.2. The minimum Gasteiger partial charge on any atom is -0.480 e. The third-order valence-corrected chi connectivity index (χ3v) is 3.95. The molecule has 1 rings (SSSR count). The second-order valence-electron chi connectivity index (χ2n) is 3.14. The molecule has 1 aliphatic rings. The molecule has 5 heteroatoms. The van der Waals surface area contributed by atoms with E-state index in [2.05, 4.69) is 29.3 Å². The van der Waals surface area contributed by atoms with Crippen LogP contribution in [-0.2, 0) is 21.3 Å². The Kier molecular flexibility index (Phi) is 2.69. The fourth-order valence-electron chi connectivity index (χ4n) is 0.583. The molecule has 0 aromatic heterocycles. The standard InChI is InChI=1S/C5H10BrO2PS/c1-5(2)3-7-9(6,10)8-4-5/h3-4H2,1-2H3. The second kappa shape index (κ2) is 2.91. The van der Waals surface area contributed by atoms with E-state index >= 15 is 0 Å². The normalized spacial score (nSPS) is 30.0. The summed E-state index contributed by atoms with van der Waals surface area (Å²) in [7, 11) is 0. The largest absolute Gasteiger partial charge is 0.480 e. The van der Waals surface area contributed by atoms with Gasteiger partial charge in [-0.2, -0.15) is 0 Å². The summed E-state index contributed by atoms with van der Waals surface area (Å²) >= 11 is 8.21. The van der Waals surface area contributed by atoms with Crippen LogP contribution in [-0.4, -0.2) is 13.2 Å².